The lowest BCUT2D eigenvalue weighted by Gasteiger charge is -2.24. The summed E-state index contributed by atoms with van der Waals surface area (Å²) in [7, 11) is 0. The molecule has 4 N–H and O–H groups in total. The monoisotopic (exact) mass is 256 g/mol. The number of hydrogen-bond donors (Lipinski definition) is 3. The molecule has 0 atom stereocenters. The maximum atomic E-state index is 8.68. The van der Waals surface area contributed by atoms with Gasteiger partial charge in [0, 0.05) is 24.5 Å². The number of rotatable bonds is 9. The van der Waals surface area contributed by atoms with Gasteiger partial charge < -0.3 is 16.3 Å². The van der Waals surface area contributed by atoms with E-state index in [1.54, 1.807) is 0 Å². The molecule has 5 nitrogen and oxygen atoms in total. The van der Waals surface area contributed by atoms with Crippen LogP contribution in [0.1, 0.15) is 40.0 Å². The maximum absolute atomic E-state index is 8.68. The minimum atomic E-state index is -0.247. The van der Waals surface area contributed by atoms with E-state index in [4.69, 9.17) is 10.9 Å². The second-order valence-corrected chi connectivity index (χ2v) is 5.73. The average Bonchev–Trinajstić information content (AvgIpc) is 3.16. The second kappa shape index (κ2) is 6.95. The topological polar surface area (TPSA) is 73.9 Å². The first kappa shape index (κ1) is 15.2. The summed E-state index contributed by atoms with van der Waals surface area (Å²) in [6, 6.07) is 0.838. The predicted octanol–water partition coefficient (Wildman–Crippen LogP) is 1.22. The molecular formula is C13H28N4O. The van der Waals surface area contributed by atoms with Crippen molar-refractivity contribution in [3.8, 4) is 0 Å². The minimum Gasteiger partial charge on any atom is -0.409 e. The van der Waals surface area contributed by atoms with Crippen LogP contribution in [0, 0.1) is 5.41 Å². The van der Waals surface area contributed by atoms with Gasteiger partial charge in [-0.25, -0.2) is 0 Å². The number of oxime groups is 1. The quantitative estimate of drug-likeness (QED) is 0.191. The molecule has 0 radical (unpaired) electrons. The first-order valence-electron chi connectivity index (χ1n) is 6.94. The summed E-state index contributed by atoms with van der Waals surface area (Å²) in [5, 5.41) is 15.2. The van der Waals surface area contributed by atoms with Crippen LogP contribution in [0.3, 0.4) is 0 Å². The van der Waals surface area contributed by atoms with E-state index in [2.05, 4.69) is 22.3 Å². The van der Waals surface area contributed by atoms with Gasteiger partial charge in [0.25, 0.3) is 0 Å². The molecule has 0 aromatic carbocycles. The van der Waals surface area contributed by atoms with E-state index in [0.717, 1.165) is 38.6 Å². The van der Waals surface area contributed by atoms with E-state index in [-0.39, 0.29) is 5.41 Å². The van der Waals surface area contributed by atoms with Gasteiger partial charge in [-0.1, -0.05) is 25.9 Å². The summed E-state index contributed by atoms with van der Waals surface area (Å²) in [5.41, 5.74) is 5.40. The number of hydrogen-bond acceptors (Lipinski definition) is 4. The van der Waals surface area contributed by atoms with Crippen LogP contribution in [0.4, 0.5) is 0 Å². The highest BCUT2D eigenvalue weighted by Crippen LogP contribution is 2.25. The predicted molar refractivity (Wildman–Crippen MR) is 74.9 cm³/mol. The summed E-state index contributed by atoms with van der Waals surface area (Å²) in [4.78, 5) is 2.53. The molecule has 1 aliphatic rings. The van der Waals surface area contributed by atoms with Crippen LogP contribution in [0.25, 0.3) is 0 Å². The Morgan fingerprint density at radius 3 is 2.61 bits per heavy atom. The van der Waals surface area contributed by atoms with Crippen LogP contribution in [0.15, 0.2) is 5.16 Å². The molecule has 106 valence electrons. The van der Waals surface area contributed by atoms with E-state index in [1.165, 1.54) is 12.8 Å². The molecule has 0 spiro atoms. The third-order valence-corrected chi connectivity index (χ3v) is 3.77. The average molecular weight is 256 g/mol. The van der Waals surface area contributed by atoms with Gasteiger partial charge in [-0.05, 0) is 32.4 Å². The largest absolute Gasteiger partial charge is 0.409 e. The third-order valence-electron chi connectivity index (χ3n) is 3.77. The maximum Gasteiger partial charge on any atom is 0.144 e. The van der Waals surface area contributed by atoms with Crippen LogP contribution >= 0.6 is 0 Å². The SMILES string of the molecule is CCN(CCNCCC(C)(C)C(N)=NO)C1CC1. The Hall–Kier alpha value is -0.810. The minimum absolute atomic E-state index is 0.247. The molecule has 1 fully saturated rings. The molecule has 0 saturated heterocycles. The lowest BCUT2D eigenvalue weighted by molar-refractivity contribution is 0.274. The van der Waals surface area contributed by atoms with Gasteiger partial charge in [-0.15, -0.1) is 0 Å². The molecule has 1 rings (SSSR count). The van der Waals surface area contributed by atoms with Crippen molar-refractivity contribution >= 4 is 5.84 Å². The molecule has 0 aromatic heterocycles. The zero-order chi connectivity index (χ0) is 13.6. The van der Waals surface area contributed by atoms with Gasteiger partial charge >= 0.3 is 0 Å². The van der Waals surface area contributed by atoms with Crippen molar-refractivity contribution in [2.24, 2.45) is 16.3 Å². The molecule has 0 aliphatic heterocycles. The third kappa shape index (κ3) is 4.82. The molecular weight excluding hydrogens is 228 g/mol. The summed E-state index contributed by atoms with van der Waals surface area (Å²) in [6.07, 6.45) is 3.60. The molecule has 0 bridgehead atoms. The Kier molecular flexibility index (Phi) is 5.88. The second-order valence-electron chi connectivity index (χ2n) is 5.73. The number of amidine groups is 1. The van der Waals surface area contributed by atoms with Crippen molar-refractivity contribution in [3.05, 3.63) is 0 Å². The Balaban J connectivity index is 2.11. The van der Waals surface area contributed by atoms with E-state index in [9.17, 15) is 0 Å². The fraction of sp³-hybridized carbons (Fsp3) is 0.923. The highest BCUT2D eigenvalue weighted by molar-refractivity contribution is 5.85. The normalized spacial score (nSPS) is 17.4. The van der Waals surface area contributed by atoms with Crippen LogP contribution < -0.4 is 11.1 Å². The van der Waals surface area contributed by atoms with Gasteiger partial charge in [-0.2, -0.15) is 0 Å². The van der Waals surface area contributed by atoms with Crippen LogP contribution in [0.5, 0.6) is 0 Å². The van der Waals surface area contributed by atoms with E-state index in [1.807, 2.05) is 13.8 Å². The zero-order valence-corrected chi connectivity index (χ0v) is 11.9. The van der Waals surface area contributed by atoms with Crippen molar-refractivity contribution < 1.29 is 5.21 Å². The Labute approximate surface area is 110 Å². The Morgan fingerprint density at radius 1 is 1.44 bits per heavy atom. The summed E-state index contributed by atoms with van der Waals surface area (Å²) in [6.45, 7) is 10.4. The standard InChI is InChI=1S/C13H28N4O/c1-4-17(11-5-6-11)10-9-15-8-7-13(2,3)12(14)16-18/h11,15,18H,4-10H2,1-3H3,(H2,14,16). The molecule has 5 heteroatoms. The van der Waals surface area contributed by atoms with Gasteiger partial charge in [0.15, 0.2) is 0 Å². The zero-order valence-electron chi connectivity index (χ0n) is 11.9. The number of nitrogens with zero attached hydrogens (tertiary/aromatic N) is 2. The van der Waals surface area contributed by atoms with Gasteiger partial charge in [-0.3, -0.25) is 4.90 Å². The van der Waals surface area contributed by atoms with Crippen LogP contribution in [-0.4, -0.2) is 48.2 Å². The van der Waals surface area contributed by atoms with Crippen molar-refractivity contribution in [2.75, 3.05) is 26.2 Å². The Bertz CT molecular complexity index is 274. The van der Waals surface area contributed by atoms with Gasteiger partial charge in [0.05, 0.1) is 0 Å². The Morgan fingerprint density at radius 2 is 2.11 bits per heavy atom. The van der Waals surface area contributed by atoms with Crippen LogP contribution in [-0.2, 0) is 0 Å². The number of nitrogens with two attached hydrogens (primary N) is 1. The fourth-order valence-electron chi connectivity index (χ4n) is 2.05. The smallest absolute Gasteiger partial charge is 0.144 e. The molecule has 0 heterocycles. The molecule has 1 aliphatic carbocycles. The molecule has 0 amide bonds. The van der Waals surface area contributed by atoms with Gasteiger partial charge in [0.1, 0.15) is 5.84 Å². The highest BCUT2D eigenvalue weighted by atomic mass is 16.4. The molecule has 0 aromatic rings. The van der Waals surface area contributed by atoms with Crippen molar-refractivity contribution in [2.45, 2.75) is 46.1 Å². The van der Waals surface area contributed by atoms with Crippen molar-refractivity contribution in [1.29, 1.82) is 0 Å². The van der Waals surface area contributed by atoms with Crippen molar-refractivity contribution in [3.63, 3.8) is 0 Å². The lowest BCUT2D eigenvalue weighted by Crippen LogP contribution is -2.37. The molecule has 18 heavy (non-hydrogen) atoms. The summed E-state index contributed by atoms with van der Waals surface area (Å²) >= 11 is 0. The number of nitrogens with one attached hydrogen (secondary N) is 1. The highest BCUT2D eigenvalue weighted by Gasteiger charge is 2.27. The van der Waals surface area contributed by atoms with E-state index < -0.39 is 0 Å². The van der Waals surface area contributed by atoms with Gasteiger partial charge in [0.2, 0.25) is 0 Å². The van der Waals surface area contributed by atoms with E-state index in [0.29, 0.717) is 5.84 Å². The van der Waals surface area contributed by atoms with Crippen molar-refractivity contribution in [1.82, 2.24) is 10.2 Å². The number of likely N-dealkylation sites (N-methyl/N-ethyl adjacent to an activating group) is 1. The summed E-state index contributed by atoms with van der Waals surface area (Å²) in [5.74, 6) is 0.303. The lowest BCUT2D eigenvalue weighted by atomic mass is 9.88. The molecule has 0 unspecified atom stereocenters. The molecule has 1 saturated carbocycles. The first-order valence-corrected chi connectivity index (χ1v) is 6.94. The summed E-state index contributed by atoms with van der Waals surface area (Å²) < 4.78 is 0. The van der Waals surface area contributed by atoms with E-state index >= 15 is 0 Å². The fourth-order valence-corrected chi connectivity index (χ4v) is 2.05. The first-order chi connectivity index (χ1) is 8.51. The van der Waals surface area contributed by atoms with Crippen LogP contribution in [0.2, 0.25) is 0 Å².